The number of nitrogens with zero attached hydrogens (tertiary/aromatic N) is 2. The van der Waals surface area contributed by atoms with Crippen molar-refractivity contribution >= 4 is 0 Å². The summed E-state index contributed by atoms with van der Waals surface area (Å²) in [5.41, 5.74) is 16.7. The molecule has 160 valence electrons. The Morgan fingerprint density at radius 1 is 0.793 bits per heavy atom. The molecule has 5 nitrogen and oxygen atoms in total. The van der Waals surface area contributed by atoms with Gasteiger partial charge in [0.15, 0.2) is 0 Å². The Kier molecular flexibility index (Phi) is 10.3. The average molecular weight is 399 g/mol. The molecule has 5 N–H and O–H groups in total. The standard InChI is InChI=1S/C24H38N4O/c1-27(17-22-11-5-3-9-20(22)15-25)14-8-7-13-24(19-29)28(2)18-23-12-6-4-10-21(23)16-26/h3-6,9-12,24,29H,7-8,13-19,25-26H2,1-2H3/t24-/m1/s1. The molecule has 5 heteroatoms. The van der Waals surface area contributed by atoms with Gasteiger partial charge >= 0.3 is 0 Å². The second-order valence-corrected chi connectivity index (χ2v) is 7.93. The van der Waals surface area contributed by atoms with Crippen LogP contribution in [-0.4, -0.2) is 48.2 Å². The van der Waals surface area contributed by atoms with Crippen LogP contribution in [-0.2, 0) is 26.2 Å². The lowest BCUT2D eigenvalue weighted by Crippen LogP contribution is -2.34. The summed E-state index contributed by atoms with van der Waals surface area (Å²) in [7, 11) is 4.25. The van der Waals surface area contributed by atoms with E-state index in [1.54, 1.807) is 0 Å². The molecule has 0 aliphatic heterocycles. The fourth-order valence-corrected chi connectivity index (χ4v) is 3.80. The first kappa shape index (κ1) is 23.5. The van der Waals surface area contributed by atoms with Crippen LogP contribution in [0.4, 0.5) is 0 Å². The van der Waals surface area contributed by atoms with E-state index in [1.807, 2.05) is 12.1 Å². The normalized spacial score (nSPS) is 12.7. The molecule has 0 saturated heterocycles. The number of likely N-dealkylation sites (N-methyl/N-ethyl adjacent to an activating group) is 1. The highest BCUT2D eigenvalue weighted by Gasteiger charge is 2.15. The van der Waals surface area contributed by atoms with E-state index in [-0.39, 0.29) is 12.6 Å². The minimum atomic E-state index is 0.170. The molecule has 1 atom stereocenters. The van der Waals surface area contributed by atoms with Crippen LogP contribution >= 0.6 is 0 Å². The third kappa shape index (κ3) is 7.53. The summed E-state index contributed by atoms with van der Waals surface area (Å²) in [5, 5.41) is 9.87. The minimum Gasteiger partial charge on any atom is -0.395 e. The molecule has 0 aliphatic carbocycles. The van der Waals surface area contributed by atoms with Crippen molar-refractivity contribution in [2.75, 3.05) is 27.2 Å². The fraction of sp³-hybridized carbons (Fsp3) is 0.500. The second-order valence-electron chi connectivity index (χ2n) is 7.93. The van der Waals surface area contributed by atoms with Gasteiger partial charge in [0.1, 0.15) is 0 Å². The van der Waals surface area contributed by atoms with E-state index in [1.165, 1.54) is 22.3 Å². The maximum atomic E-state index is 9.87. The molecular weight excluding hydrogens is 360 g/mol. The van der Waals surface area contributed by atoms with Crippen LogP contribution in [0.2, 0.25) is 0 Å². The van der Waals surface area contributed by atoms with E-state index in [9.17, 15) is 5.11 Å². The average Bonchev–Trinajstić information content (AvgIpc) is 2.74. The first-order valence-corrected chi connectivity index (χ1v) is 10.6. The Balaban J connectivity index is 1.76. The summed E-state index contributed by atoms with van der Waals surface area (Å²) < 4.78 is 0. The van der Waals surface area contributed by atoms with Crippen LogP contribution in [0, 0.1) is 0 Å². The molecule has 2 aromatic rings. The number of hydrogen-bond donors (Lipinski definition) is 3. The Morgan fingerprint density at radius 3 is 1.83 bits per heavy atom. The molecule has 0 bridgehead atoms. The Morgan fingerprint density at radius 2 is 1.31 bits per heavy atom. The number of aliphatic hydroxyl groups excluding tert-OH is 1. The van der Waals surface area contributed by atoms with Crippen LogP contribution in [0.25, 0.3) is 0 Å². The maximum Gasteiger partial charge on any atom is 0.0586 e. The quantitative estimate of drug-likeness (QED) is 0.452. The summed E-state index contributed by atoms with van der Waals surface area (Å²) in [5.74, 6) is 0. The van der Waals surface area contributed by atoms with E-state index < -0.39 is 0 Å². The van der Waals surface area contributed by atoms with Gasteiger partial charge in [0, 0.05) is 32.2 Å². The molecule has 0 amide bonds. The smallest absolute Gasteiger partial charge is 0.0586 e. The molecule has 0 spiro atoms. The molecule has 0 radical (unpaired) electrons. The molecule has 2 aromatic carbocycles. The summed E-state index contributed by atoms with van der Waals surface area (Å²) in [6, 6.07) is 16.8. The highest BCUT2D eigenvalue weighted by Crippen LogP contribution is 2.16. The predicted molar refractivity (Wildman–Crippen MR) is 121 cm³/mol. The van der Waals surface area contributed by atoms with Crippen molar-refractivity contribution in [3.63, 3.8) is 0 Å². The molecule has 0 aliphatic rings. The molecule has 0 aromatic heterocycles. The van der Waals surface area contributed by atoms with Crippen molar-refractivity contribution in [3.05, 3.63) is 70.8 Å². The Bertz CT molecular complexity index is 722. The zero-order valence-electron chi connectivity index (χ0n) is 18.1. The van der Waals surface area contributed by atoms with E-state index >= 15 is 0 Å². The van der Waals surface area contributed by atoms with Crippen LogP contribution in [0.15, 0.2) is 48.5 Å². The summed E-state index contributed by atoms with van der Waals surface area (Å²) >= 11 is 0. The molecule has 0 saturated carbocycles. The van der Waals surface area contributed by atoms with Crippen LogP contribution in [0.1, 0.15) is 41.5 Å². The van der Waals surface area contributed by atoms with Crippen molar-refractivity contribution in [1.82, 2.24) is 9.80 Å². The number of aliphatic hydroxyl groups is 1. The maximum absolute atomic E-state index is 9.87. The fourth-order valence-electron chi connectivity index (χ4n) is 3.80. The van der Waals surface area contributed by atoms with Gasteiger partial charge in [-0.05, 0) is 55.7 Å². The predicted octanol–water partition coefficient (Wildman–Crippen LogP) is 2.70. The highest BCUT2D eigenvalue weighted by molar-refractivity contribution is 5.27. The zero-order chi connectivity index (χ0) is 21.1. The minimum absolute atomic E-state index is 0.170. The van der Waals surface area contributed by atoms with Gasteiger partial charge in [0.05, 0.1) is 6.61 Å². The first-order valence-electron chi connectivity index (χ1n) is 10.6. The number of unbranched alkanes of at least 4 members (excludes halogenated alkanes) is 1. The second kappa shape index (κ2) is 12.7. The first-order chi connectivity index (χ1) is 14.1. The molecule has 0 fully saturated rings. The molecule has 29 heavy (non-hydrogen) atoms. The van der Waals surface area contributed by atoms with Crippen molar-refractivity contribution in [2.24, 2.45) is 11.5 Å². The van der Waals surface area contributed by atoms with E-state index in [0.717, 1.165) is 38.9 Å². The number of rotatable bonds is 13. The van der Waals surface area contributed by atoms with E-state index in [2.05, 4.69) is 60.3 Å². The van der Waals surface area contributed by atoms with Gasteiger partial charge in [-0.3, -0.25) is 4.90 Å². The topological polar surface area (TPSA) is 78.8 Å². The van der Waals surface area contributed by atoms with E-state index in [0.29, 0.717) is 13.1 Å². The van der Waals surface area contributed by atoms with Gasteiger partial charge in [-0.15, -0.1) is 0 Å². The lowest BCUT2D eigenvalue weighted by atomic mass is 10.0. The van der Waals surface area contributed by atoms with Gasteiger partial charge in [-0.1, -0.05) is 55.0 Å². The lowest BCUT2D eigenvalue weighted by molar-refractivity contribution is 0.131. The molecular formula is C24H38N4O. The number of benzene rings is 2. The lowest BCUT2D eigenvalue weighted by Gasteiger charge is -2.27. The summed E-state index contributed by atoms with van der Waals surface area (Å²) in [6.45, 7) is 4.09. The Labute approximate surface area is 176 Å². The molecule has 0 unspecified atom stereocenters. The number of nitrogens with two attached hydrogens (primary N) is 2. The highest BCUT2D eigenvalue weighted by atomic mass is 16.3. The SMILES string of the molecule is CN(CCCC[C@H](CO)N(C)Cc1ccccc1CN)Cc1ccccc1CN. The largest absolute Gasteiger partial charge is 0.395 e. The zero-order valence-corrected chi connectivity index (χ0v) is 18.1. The monoisotopic (exact) mass is 398 g/mol. The van der Waals surface area contributed by atoms with Gasteiger partial charge < -0.3 is 21.5 Å². The number of hydrogen-bond acceptors (Lipinski definition) is 5. The van der Waals surface area contributed by atoms with Crippen molar-refractivity contribution < 1.29 is 5.11 Å². The van der Waals surface area contributed by atoms with E-state index in [4.69, 9.17) is 11.5 Å². The van der Waals surface area contributed by atoms with Crippen LogP contribution in [0.5, 0.6) is 0 Å². The third-order valence-electron chi connectivity index (χ3n) is 5.70. The van der Waals surface area contributed by atoms with Gasteiger partial charge in [-0.2, -0.15) is 0 Å². The van der Waals surface area contributed by atoms with Gasteiger partial charge in [0.25, 0.3) is 0 Å². The van der Waals surface area contributed by atoms with Crippen molar-refractivity contribution in [2.45, 2.75) is 51.5 Å². The third-order valence-corrected chi connectivity index (χ3v) is 5.70. The van der Waals surface area contributed by atoms with Gasteiger partial charge in [-0.25, -0.2) is 0 Å². The summed E-state index contributed by atoms with van der Waals surface area (Å²) in [4.78, 5) is 4.60. The molecule has 2 rings (SSSR count). The summed E-state index contributed by atoms with van der Waals surface area (Å²) in [6.07, 6.45) is 3.20. The van der Waals surface area contributed by atoms with Gasteiger partial charge in [0.2, 0.25) is 0 Å². The van der Waals surface area contributed by atoms with Crippen molar-refractivity contribution in [3.8, 4) is 0 Å². The Hall–Kier alpha value is -1.76. The molecule has 0 heterocycles. The van der Waals surface area contributed by atoms with Crippen LogP contribution in [0.3, 0.4) is 0 Å². The van der Waals surface area contributed by atoms with Crippen molar-refractivity contribution in [1.29, 1.82) is 0 Å². The van der Waals surface area contributed by atoms with Crippen LogP contribution < -0.4 is 11.5 Å².